The van der Waals surface area contributed by atoms with Crippen LogP contribution < -0.4 is 10.0 Å². The molecule has 0 aliphatic heterocycles. The van der Waals surface area contributed by atoms with Gasteiger partial charge in [-0.05, 0) is 80.9 Å². The second-order valence-electron chi connectivity index (χ2n) is 7.71. The molecule has 32 heavy (non-hydrogen) atoms. The molecule has 11 heteroatoms. The number of amides is 1. The van der Waals surface area contributed by atoms with Gasteiger partial charge in [-0.25, -0.2) is 13.1 Å². The predicted octanol–water partition coefficient (Wildman–Crippen LogP) is 3.09. The van der Waals surface area contributed by atoms with E-state index in [4.69, 9.17) is 0 Å². The number of aryl methyl sites for hydroxylation is 2. The van der Waals surface area contributed by atoms with Crippen LogP contribution in [0.4, 0.5) is 5.69 Å². The Hall–Kier alpha value is -2.76. The fraction of sp³-hybridized carbons (Fsp3) is 0.333. The third kappa shape index (κ3) is 5.72. The molecule has 0 saturated carbocycles. The highest BCUT2D eigenvalue weighted by atomic mass is 32.2. The number of tetrazole rings is 1. The average Bonchev–Trinajstić information content (AvgIpc) is 3.15. The smallest absolute Gasteiger partial charge is 0.240 e. The molecule has 1 aromatic heterocycles. The highest BCUT2D eigenvalue weighted by Gasteiger charge is 2.21. The normalized spacial score (nSPS) is 12.7. The van der Waals surface area contributed by atoms with Crippen molar-refractivity contribution in [1.82, 2.24) is 24.9 Å². The number of rotatable bonds is 8. The summed E-state index contributed by atoms with van der Waals surface area (Å²) >= 11 is 1.24. The molecule has 1 atom stereocenters. The minimum atomic E-state index is -3.58. The van der Waals surface area contributed by atoms with E-state index in [2.05, 4.69) is 25.6 Å². The van der Waals surface area contributed by atoms with E-state index in [0.29, 0.717) is 10.8 Å². The Balaban J connectivity index is 1.68. The third-order valence-electron chi connectivity index (χ3n) is 4.50. The van der Waals surface area contributed by atoms with Crippen LogP contribution >= 0.6 is 11.8 Å². The van der Waals surface area contributed by atoms with Gasteiger partial charge in [0.1, 0.15) is 0 Å². The molecular formula is C21H26N6O3S2. The summed E-state index contributed by atoms with van der Waals surface area (Å²) in [5, 5.41) is 14.7. The third-order valence-corrected chi connectivity index (χ3v) is 7.20. The molecule has 2 aromatic carbocycles. The van der Waals surface area contributed by atoms with Crippen LogP contribution in [0.25, 0.3) is 5.69 Å². The van der Waals surface area contributed by atoms with Gasteiger partial charge in [-0.3, -0.25) is 4.79 Å². The molecule has 3 rings (SSSR count). The van der Waals surface area contributed by atoms with Crippen LogP contribution in [0.15, 0.2) is 52.5 Å². The first-order valence-electron chi connectivity index (χ1n) is 10.0. The number of carbonyl (C=O) groups is 1. The van der Waals surface area contributed by atoms with Crippen molar-refractivity contribution in [1.29, 1.82) is 0 Å². The van der Waals surface area contributed by atoms with Gasteiger partial charge in [0.15, 0.2) is 0 Å². The number of sulfonamides is 1. The lowest BCUT2D eigenvalue weighted by molar-refractivity contribution is -0.115. The molecule has 1 amide bonds. The number of benzene rings is 2. The summed E-state index contributed by atoms with van der Waals surface area (Å²) in [7, 11) is -3.58. The van der Waals surface area contributed by atoms with E-state index in [0.717, 1.165) is 16.8 Å². The van der Waals surface area contributed by atoms with Crippen molar-refractivity contribution < 1.29 is 13.2 Å². The summed E-state index contributed by atoms with van der Waals surface area (Å²) in [4.78, 5) is 12.8. The molecule has 1 unspecified atom stereocenters. The lowest BCUT2D eigenvalue weighted by atomic mass is 10.1. The van der Waals surface area contributed by atoms with Gasteiger partial charge in [0.05, 0.1) is 15.8 Å². The van der Waals surface area contributed by atoms with E-state index < -0.39 is 15.3 Å². The van der Waals surface area contributed by atoms with E-state index in [1.165, 1.54) is 23.9 Å². The van der Waals surface area contributed by atoms with Gasteiger partial charge in [0.2, 0.25) is 21.1 Å². The van der Waals surface area contributed by atoms with Crippen molar-refractivity contribution in [3.05, 3.63) is 53.6 Å². The van der Waals surface area contributed by atoms with Gasteiger partial charge in [0, 0.05) is 11.7 Å². The van der Waals surface area contributed by atoms with Crippen molar-refractivity contribution in [2.45, 2.75) is 56.0 Å². The highest BCUT2D eigenvalue weighted by Crippen LogP contribution is 2.25. The van der Waals surface area contributed by atoms with Gasteiger partial charge < -0.3 is 5.32 Å². The highest BCUT2D eigenvalue weighted by molar-refractivity contribution is 8.00. The summed E-state index contributed by atoms with van der Waals surface area (Å²) in [5.74, 6) is -0.249. The number of carbonyl (C=O) groups excluding carboxylic acids is 1. The number of hydrogen-bond donors (Lipinski definition) is 2. The second kappa shape index (κ2) is 9.80. The van der Waals surface area contributed by atoms with Crippen molar-refractivity contribution >= 4 is 33.4 Å². The second-order valence-corrected chi connectivity index (χ2v) is 10.7. The van der Waals surface area contributed by atoms with E-state index in [1.54, 1.807) is 37.6 Å². The SMILES string of the molecule is Cc1ccc(-n2nnnc2SC(C)C(=O)Nc2ccc(S(=O)(=O)NC(C)C)cc2)c(C)c1. The van der Waals surface area contributed by atoms with Gasteiger partial charge in [0.25, 0.3) is 0 Å². The van der Waals surface area contributed by atoms with Crippen LogP contribution in [0, 0.1) is 13.8 Å². The Morgan fingerprint density at radius 2 is 1.75 bits per heavy atom. The molecule has 170 valence electrons. The molecule has 0 bridgehead atoms. The Morgan fingerprint density at radius 3 is 2.38 bits per heavy atom. The van der Waals surface area contributed by atoms with E-state index in [1.807, 2.05) is 32.0 Å². The van der Waals surface area contributed by atoms with Crippen LogP contribution in [0.1, 0.15) is 31.9 Å². The Bertz CT molecular complexity index is 1210. The van der Waals surface area contributed by atoms with E-state index in [-0.39, 0.29) is 16.8 Å². The summed E-state index contributed by atoms with van der Waals surface area (Å²) in [5.41, 5.74) is 3.51. The van der Waals surface area contributed by atoms with Crippen LogP contribution in [0.3, 0.4) is 0 Å². The molecule has 9 nitrogen and oxygen atoms in total. The zero-order valence-corrected chi connectivity index (χ0v) is 20.2. The van der Waals surface area contributed by atoms with Crippen LogP contribution in [-0.4, -0.2) is 45.8 Å². The van der Waals surface area contributed by atoms with Crippen LogP contribution in [0.2, 0.25) is 0 Å². The number of thioether (sulfide) groups is 1. The van der Waals surface area contributed by atoms with Crippen molar-refractivity contribution in [3.8, 4) is 5.69 Å². The van der Waals surface area contributed by atoms with Gasteiger partial charge >= 0.3 is 0 Å². The van der Waals surface area contributed by atoms with Gasteiger partial charge in [-0.2, -0.15) is 4.68 Å². The Morgan fingerprint density at radius 1 is 1.06 bits per heavy atom. The van der Waals surface area contributed by atoms with Crippen molar-refractivity contribution in [2.75, 3.05) is 5.32 Å². The monoisotopic (exact) mass is 474 g/mol. The molecule has 0 radical (unpaired) electrons. The first kappa shape index (κ1) is 23.9. The van der Waals surface area contributed by atoms with Crippen molar-refractivity contribution in [2.24, 2.45) is 0 Å². The summed E-state index contributed by atoms with van der Waals surface area (Å²) in [6, 6.07) is 11.8. The van der Waals surface area contributed by atoms with Crippen LogP contribution in [-0.2, 0) is 14.8 Å². The number of nitrogens with zero attached hydrogens (tertiary/aromatic N) is 4. The number of hydrogen-bond acceptors (Lipinski definition) is 7. The summed E-state index contributed by atoms with van der Waals surface area (Å²) < 4.78 is 28.6. The molecule has 3 aromatic rings. The number of anilines is 1. The van der Waals surface area contributed by atoms with E-state index >= 15 is 0 Å². The first-order valence-corrected chi connectivity index (χ1v) is 12.4. The lowest BCUT2D eigenvalue weighted by Gasteiger charge is -2.13. The van der Waals surface area contributed by atoms with Crippen molar-refractivity contribution in [3.63, 3.8) is 0 Å². The topological polar surface area (TPSA) is 119 Å². The Labute approximate surface area is 192 Å². The zero-order chi connectivity index (χ0) is 23.5. The van der Waals surface area contributed by atoms with E-state index in [9.17, 15) is 13.2 Å². The van der Waals surface area contributed by atoms with Crippen LogP contribution in [0.5, 0.6) is 0 Å². The maximum Gasteiger partial charge on any atom is 0.240 e. The maximum atomic E-state index is 12.7. The van der Waals surface area contributed by atoms with Gasteiger partial charge in [-0.1, -0.05) is 29.5 Å². The maximum absolute atomic E-state index is 12.7. The average molecular weight is 475 g/mol. The minimum absolute atomic E-state index is 0.138. The Kier molecular flexibility index (Phi) is 7.32. The molecule has 0 aliphatic rings. The molecule has 0 spiro atoms. The molecule has 0 saturated heterocycles. The predicted molar refractivity (Wildman–Crippen MR) is 124 cm³/mol. The molecule has 1 heterocycles. The lowest BCUT2D eigenvalue weighted by Crippen LogP contribution is -2.30. The zero-order valence-electron chi connectivity index (χ0n) is 18.5. The number of nitrogens with one attached hydrogen (secondary N) is 2. The fourth-order valence-electron chi connectivity index (χ4n) is 3.00. The van der Waals surface area contributed by atoms with Gasteiger partial charge in [-0.15, -0.1) is 5.10 Å². The quantitative estimate of drug-likeness (QED) is 0.482. The standard InChI is InChI=1S/C21H26N6O3S2/c1-13(2)24-32(29,30)18-9-7-17(8-10-18)22-20(28)16(5)31-21-23-25-26-27(21)19-11-6-14(3)12-15(19)4/h6-13,16,24H,1-5H3,(H,22,28). The molecular weight excluding hydrogens is 448 g/mol. The largest absolute Gasteiger partial charge is 0.325 e. The molecule has 0 aliphatic carbocycles. The molecule has 2 N–H and O–H groups in total. The molecule has 0 fully saturated rings. The fourth-order valence-corrected chi connectivity index (χ4v) is 5.05. The first-order chi connectivity index (χ1) is 15.1. The minimum Gasteiger partial charge on any atom is -0.325 e. The summed E-state index contributed by atoms with van der Waals surface area (Å²) in [6.07, 6.45) is 0. The summed E-state index contributed by atoms with van der Waals surface area (Å²) in [6.45, 7) is 9.26. The number of aromatic nitrogens is 4.